The van der Waals surface area contributed by atoms with Crippen LogP contribution in [0.1, 0.15) is 89.9 Å². The van der Waals surface area contributed by atoms with Crippen LogP contribution in [0.3, 0.4) is 0 Å². The molecule has 0 aromatic carbocycles. The van der Waals surface area contributed by atoms with Gasteiger partial charge in [0.15, 0.2) is 0 Å². The van der Waals surface area contributed by atoms with E-state index in [4.69, 9.17) is 33.2 Å². The summed E-state index contributed by atoms with van der Waals surface area (Å²) in [6.07, 6.45) is 23.6. The van der Waals surface area contributed by atoms with E-state index in [1.165, 1.54) is 89.5 Å². The minimum atomic E-state index is -2.36. The quantitative estimate of drug-likeness (QED) is 0.0857. The third kappa shape index (κ3) is 25.0. The lowest BCUT2D eigenvalue weighted by atomic mass is 10.1. The summed E-state index contributed by atoms with van der Waals surface area (Å²) in [5, 5.41) is 0. The van der Waals surface area contributed by atoms with Crippen molar-refractivity contribution in [2.24, 2.45) is 0 Å². The van der Waals surface area contributed by atoms with Crippen LogP contribution in [-0.4, -0.2) is 14.8 Å². The van der Waals surface area contributed by atoms with Crippen LogP contribution in [0.15, 0.2) is 12.2 Å². The van der Waals surface area contributed by atoms with E-state index in [2.05, 4.69) is 25.2 Å². The van der Waals surface area contributed by atoms with Gasteiger partial charge < -0.3 is 0 Å². The van der Waals surface area contributed by atoms with E-state index in [1.807, 2.05) is 0 Å². The van der Waals surface area contributed by atoms with Crippen molar-refractivity contribution in [2.45, 2.75) is 115 Å². The van der Waals surface area contributed by atoms with Crippen molar-refractivity contribution in [1.82, 2.24) is 0 Å². The Bertz CT molecular complexity index is 302. The second-order valence-electron chi connectivity index (χ2n) is 7.61. The fourth-order valence-corrected chi connectivity index (χ4v) is 5.75. The van der Waals surface area contributed by atoms with Gasteiger partial charge in [0.05, 0.1) is 0 Å². The molecule has 0 aromatic heterocycles. The molecule has 0 saturated carbocycles. The molecule has 149 valence electrons. The molecule has 0 atom stereocenters. The molecule has 0 aliphatic carbocycles. The number of rotatable bonds is 18. The molecule has 0 rings (SSSR count). The summed E-state index contributed by atoms with van der Waals surface area (Å²) in [4.78, 5) is 0. The first-order valence-electron chi connectivity index (χ1n) is 10.4. The van der Waals surface area contributed by atoms with Crippen LogP contribution < -0.4 is 0 Å². The highest BCUT2D eigenvalue weighted by Gasteiger charge is 2.23. The monoisotopic (exact) mass is 441 g/mol. The van der Waals surface area contributed by atoms with Gasteiger partial charge in [-0.2, -0.15) is 0 Å². The largest absolute Gasteiger partial charge is 0.341 e. The molecule has 0 heterocycles. The summed E-state index contributed by atoms with van der Waals surface area (Å²) in [6, 6.07) is -0.0678. The normalized spacial score (nSPS) is 12.6. The first-order valence-corrected chi connectivity index (χ1v) is 18.4. The highest BCUT2D eigenvalue weighted by molar-refractivity contribution is 7.64. The average Bonchev–Trinajstić information content (AvgIpc) is 2.52. The third-order valence-electron chi connectivity index (χ3n) is 4.55. The van der Waals surface area contributed by atoms with Crippen LogP contribution in [0.5, 0.6) is 0 Å². The molecule has 5 heteroatoms. The summed E-state index contributed by atoms with van der Waals surface area (Å²) in [5.74, 6) is 0. The Hall–Kier alpha value is 1.04. The maximum Gasteiger partial charge on any atom is 0.341 e. The fraction of sp³-hybridized carbons (Fsp3) is 0.900. The molecule has 0 nitrogen and oxygen atoms in total. The summed E-state index contributed by atoms with van der Waals surface area (Å²) in [6.45, 7) is 4.81. The van der Waals surface area contributed by atoms with Gasteiger partial charge in [-0.1, -0.05) is 102 Å². The molecule has 0 spiro atoms. The van der Waals surface area contributed by atoms with E-state index in [1.54, 1.807) is 0 Å². The molecule has 25 heavy (non-hydrogen) atoms. The third-order valence-corrected chi connectivity index (χ3v) is 8.52. The van der Waals surface area contributed by atoms with Crippen molar-refractivity contribution in [3.8, 4) is 0 Å². The van der Waals surface area contributed by atoms with E-state index in [9.17, 15) is 0 Å². The summed E-state index contributed by atoms with van der Waals surface area (Å²) < 4.78 is 0. The molecule has 0 fully saturated rings. The predicted molar refractivity (Wildman–Crippen MR) is 124 cm³/mol. The SMILES string of the molecule is C[Si](C)CCC/C=C/CCCCCCCCCCCCC[Si](Cl)(Cl)Cl. The van der Waals surface area contributed by atoms with Crippen LogP contribution in [-0.2, 0) is 0 Å². The molecule has 0 aromatic rings. The molecular formula is C20H40Cl3Si2. The number of allylic oxidation sites excluding steroid dienone is 2. The van der Waals surface area contributed by atoms with Crippen LogP contribution >= 0.6 is 33.2 Å². The fourth-order valence-electron chi connectivity index (χ4n) is 2.99. The number of hydrogen-bond donors (Lipinski definition) is 0. The molecule has 0 amide bonds. The number of unbranched alkanes of at least 4 members (excludes halogenated alkanes) is 12. The standard InChI is InChI=1S/C20H40Cl3Si2/c1-24(2)19-17-15-13-11-9-7-5-3-4-6-8-10-12-14-16-18-20-25(21,22)23/h11,13H,3-10,12,14-20H2,1-2H3/b13-11+. The van der Waals surface area contributed by atoms with Crippen molar-refractivity contribution in [3.05, 3.63) is 12.2 Å². The van der Waals surface area contributed by atoms with E-state index >= 15 is 0 Å². The van der Waals surface area contributed by atoms with Gasteiger partial charge in [0, 0.05) is 8.80 Å². The van der Waals surface area contributed by atoms with Crippen LogP contribution in [0.2, 0.25) is 25.2 Å². The van der Waals surface area contributed by atoms with Gasteiger partial charge in [0.2, 0.25) is 0 Å². The van der Waals surface area contributed by atoms with Gasteiger partial charge >= 0.3 is 6.00 Å². The van der Waals surface area contributed by atoms with E-state index < -0.39 is 6.00 Å². The maximum absolute atomic E-state index is 5.88. The molecule has 0 aliphatic heterocycles. The van der Waals surface area contributed by atoms with Crippen LogP contribution in [0.4, 0.5) is 0 Å². The smallest absolute Gasteiger partial charge is 0.126 e. The predicted octanol–water partition coefficient (Wildman–Crippen LogP) is 9.41. The Morgan fingerprint density at radius 2 is 1.00 bits per heavy atom. The summed E-state index contributed by atoms with van der Waals surface area (Å²) in [7, 11) is -0.00690. The maximum atomic E-state index is 5.88. The lowest BCUT2D eigenvalue weighted by Crippen LogP contribution is -2.07. The number of halogens is 3. The van der Waals surface area contributed by atoms with Gasteiger partial charge in [-0.25, -0.2) is 0 Å². The second kappa shape index (κ2) is 18.4. The summed E-state index contributed by atoms with van der Waals surface area (Å²) >= 11 is 17.6. The van der Waals surface area contributed by atoms with E-state index in [0.717, 1.165) is 12.5 Å². The Morgan fingerprint density at radius 1 is 0.600 bits per heavy atom. The molecular weight excluding hydrogens is 403 g/mol. The van der Waals surface area contributed by atoms with Gasteiger partial charge in [-0.15, -0.1) is 33.2 Å². The molecule has 0 unspecified atom stereocenters. The minimum absolute atomic E-state index is 0.00690. The van der Waals surface area contributed by atoms with Gasteiger partial charge in [0.25, 0.3) is 0 Å². The van der Waals surface area contributed by atoms with Crippen molar-refractivity contribution in [2.75, 3.05) is 0 Å². The van der Waals surface area contributed by atoms with Crippen molar-refractivity contribution in [3.63, 3.8) is 0 Å². The van der Waals surface area contributed by atoms with Crippen LogP contribution in [0, 0.1) is 0 Å². The van der Waals surface area contributed by atoms with E-state index in [0.29, 0.717) is 0 Å². The molecule has 0 saturated heterocycles. The van der Waals surface area contributed by atoms with Gasteiger partial charge in [-0.05, 0) is 25.3 Å². The minimum Gasteiger partial charge on any atom is -0.126 e. The Kier molecular flexibility index (Phi) is 19.2. The lowest BCUT2D eigenvalue weighted by Gasteiger charge is -2.06. The van der Waals surface area contributed by atoms with E-state index in [-0.39, 0.29) is 8.80 Å². The Labute approximate surface area is 174 Å². The van der Waals surface area contributed by atoms with Gasteiger partial charge in [0.1, 0.15) is 0 Å². The lowest BCUT2D eigenvalue weighted by molar-refractivity contribution is 0.550. The van der Waals surface area contributed by atoms with Crippen molar-refractivity contribution >= 4 is 48.0 Å². The topological polar surface area (TPSA) is 0 Å². The Morgan fingerprint density at radius 3 is 1.44 bits per heavy atom. The Balaban J connectivity index is 3.11. The highest BCUT2D eigenvalue weighted by Crippen LogP contribution is 2.27. The zero-order valence-corrected chi connectivity index (χ0v) is 20.9. The average molecular weight is 443 g/mol. The molecule has 0 aliphatic rings. The van der Waals surface area contributed by atoms with Crippen molar-refractivity contribution in [1.29, 1.82) is 0 Å². The zero-order valence-electron chi connectivity index (χ0n) is 16.6. The molecule has 0 bridgehead atoms. The number of hydrogen-bond acceptors (Lipinski definition) is 0. The van der Waals surface area contributed by atoms with Gasteiger partial charge in [-0.3, -0.25) is 0 Å². The van der Waals surface area contributed by atoms with Crippen molar-refractivity contribution < 1.29 is 0 Å². The first kappa shape index (κ1) is 26.0. The zero-order chi connectivity index (χ0) is 18.8. The molecule has 0 N–H and O–H groups in total. The highest BCUT2D eigenvalue weighted by atomic mass is 35.8. The first-order chi connectivity index (χ1) is 11.9. The molecule has 1 radical (unpaired) electrons. The summed E-state index contributed by atoms with van der Waals surface area (Å²) in [5.41, 5.74) is 0. The van der Waals surface area contributed by atoms with Crippen LogP contribution in [0.25, 0.3) is 0 Å². The second-order valence-corrected chi connectivity index (χ2v) is 19.8.